The summed E-state index contributed by atoms with van der Waals surface area (Å²) in [6, 6.07) is 1.26. The summed E-state index contributed by atoms with van der Waals surface area (Å²) in [5.74, 6) is -0.366. The maximum atomic E-state index is 12.4. The van der Waals surface area contributed by atoms with E-state index in [1.807, 2.05) is 0 Å². The minimum absolute atomic E-state index is 0.142. The number of nitrogens with one attached hydrogen (secondary N) is 1. The number of likely N-dealkylation sites (tertiary alicyclic amines) is 1. The van der Waals surface area contributed by atoms with E-state index in [0.717, 1.165) is 25.7 Å². The lowest BCUT2D eigenvalue weighted by Crippen LogP contribution is -2.49. The van der Waals surface area contributed by atoms with Gasteiger partial charge < -0.3 is 16.0 Å². The van der Waals surface area contributed by atoms with E-state index in [-0.39, 0.29) is 17.9 Å². The molecule has 6 nitrogen and oxygen atoms in total. The Bertz CT molecular complexity index is 364. The van der Waals surface area contributed by atoms with E-state index in [9.17, 15) is 9.59 Å². The Kier molecular flexibility index (Phi) is 6.30. The molecule has 106 valence electrons. The van der Waals surface area contributed by atoms with Gasteiger partial charge in [0.15, 0.2) is 0 Å². The first kappa shape index (κ1) is 15.4. The SMILES string of the molecule is CC(=O)N[C@@H](CCCCN)C(=O)N1CCC[C@H]1C#N. The fourth-order valence-corrected chi connectivity index (χ4v) is 2.36. The Hall–Kier alpha value is -1.61. The van der Waals surface area contributed by atoms with Gasteiger partial charge in [-0.1, -0.05) is 0 Å². The second kappa shape index (κ2) is 7.74. The molecule has 0 saturated carbocycles. The van der Waals surface area contributed by atoms with Crippen molar-refractivity contribution in [3.63, 3.8) is 0 Å². The van der Waals surface area contributed by atoms with Crippen molar-refractivity contribution in [1.82, 2.24) is 10.2 Å². The Morgan fingerprint density at radius 2 is 2.26 bits per heavy atom. The molecule has 1 saturated heterocycles. The summed E-state index contributed by atoms with van der Waals surface area (Å²) in [6.45, 7) is 2.57. The predicted octanol–water partition coefficient (Wildman–Crippen LogP) is 0.135. The maximum absolute atomic E-state index is 12.4. The number of nitrogens with zero attached hydrogens (tertiary/aromatic N) is 2. The lowest BCUT2D eigenvalue weighted by molar-refractivity contribution is -0.136. The lowest BCUT2D eigenvalue weighted by atomic mass is 10.1. The maximum Gasteiger partial charge on any atom is 0.246 e. The van der Waals surface area contributed by atoms with Crippen LogP contribution in [0, 0.1) is 11.3 Å². The zero-order valence-corrected chi connectivity index (χ0v) is 11.4. The van der Waals surface area contributed by atoms with E-state index in [1.54, 1.807) is 4.90 Å². The molecule has 0 aliphatic carbocycles. The number of amides is 2. The standard InChI is InChI=1S/C13H22N4O2/c1-10(18)16-12(6-2-3-7-14)13(19)17-8-4-5-11(17)9-15/h11-12H,2-8,14H2,1H3,(H,16,18)/t11-,12-/m0/s1. The molecule has 19 heavy (non-hydrogen) atoms. The fraction of sp³-hybridized carbons (Fsp3) is 0.769. The Labute approximate surface area is 113 Å². The Morgan fingerprint density at radius 3 is 2.84 bits per heavy atom. The van der Waals surface area contributed by atoms with Crippen molar-refractivity contribution in [2.24, 2.45) is 5.73 Å². The third-order valence-electron chi connectivity index (χ3n) is 3.31. The number of carbonyl (C=O) groups excluding carboxylic acids is 2. The van der Waals surface area contributed by atoms with Crippen molar-refractivity contribution >= 4 is 11.8 Å². The molecular formula is C13H22N4O2. The number of hydrogen-bond acceptors (Lipinski definition) is 4. The fourth-order valence-electron chi connectivity index (χ4n) is 2.36. The van der Waals surface area contributed by atoms with Crippen LogP contribution < -0.4 is 11.1 Å². The van der Waals surface area contributed by atoms with Crippen molar-refractivity contribution in [1.29, 1.82) is 5.26 Å². The number of hydrogen-bond donors (Lipinski definition) is 2. The van der Waals surface area contributed by atoms with E-state index in [2.05, 4.69) is 11.4 Å². The average Bonchev–Trinajstić information content (AvgIpc) is 2.84. The molecule has 0 spiro atoms. The molecule has 1 rings (SSSR count). The quantitative estimate of drug-likeness (QED) is 0.668. The van der Waals surface area contributed by atoms with Gasteiger partial charge in [0.25, 0.3) is 0 Å². The predicted molar refractivity (Wildman–Crippen MR) is 70.9 cm³/mol. The molecule has 0 unspecified atom stereocenters. The Morgan fingerprint density at radius 1 is 1.53 bits per heavy atom. The number of nitrogens with two attached hydrogens (primary N) is 1. The van der Waals surface area contributed by atoms with Gasteiger partial charge in [0, 0.05) is 13.5 Å². The topological polar surface area (TPSA) is 99.2 Å². The minimum atomic E-state index is -0.530. The van der Waals surface area contributed by atoms with Crippen LogP contribution >= 0.6 is 0 Å². The molecule has 6 heteroatoms. The van der Waals surface area contributed by atoms with Gasteiger partial charge in [-0.25, -0.2) is 0 Å². The van der Waals surface area contributed by atoms with Crippen molar-refractivity contribution in [3.8, 4) is 6.07 Å². The van der Waals surface area contributed by atoms with Crippen LogP contribution in [0.2, 0.25) is 0 Å². The van der Waals surface area contributed by atoms with E-state index < -0.39 is 6.04 Å². The second-order valence-corrected chi connectivity index (χ2v) is 4.86. The van der Waals surface area contributed by atoms with Crippen molar-refractivity contribution in [2.45, 2.75) is 51.1 Å². The smallest absolute Gasteiger partial charge is 0.246 e. The summed E-state index contributed by atoms with van der Waals surface area (Å²) in [7, 11) is 0. The molecule has 0 aromatic rings. The van der Waals surface area contributed by atoms with Gasteiger partial charge in [0.05, 0.1) is 6.07 Å². The van der Waals surface area contributed by atoms with Gasteiger partial charge in [0.1, 0.15) is 12.1 Å². The van der Waals surface area contributed by atoms with E-state index in [1.165, 1.54) is 6.92 Å². The van der Waals surface area contributed by atoms with Crippen LogP contribution in [0.5, 0.6) is 0 Å². The largest absolute Gasteiger partial charge is 0.345 e. The molecule has 0 aromatic heterocycles. The molecule has 1 aliphatic heterocycles. The first-order valence-electron chi connectivity index (χ1n) is 6.77. The first-order valence-corrected chi connectivity index (χ1v) is 6.77. The number of nitriles is 1. The van der Waals surface area contributed by atoms with Crippen LogP contribution in [-0.4, -0.2) is 41.9 Å². The summed E-state index contributed by atoms with van der Waals surface area (Å²) in [4.78, 5) is 25.1. The number of unbranched alkanes of at least 4 members (excludes halogenated alkanes) is 1. The highest BCUT2D eigenvalue weighted by molar-refractivity contribution is 5.87. The first-order chi connectivity index (χ1) is 9.10. The van der Waals surface area contributed by atoms with Crippen LogP contribution in [0.4, 0.5) is 0 Å². The van der Waals surface area contributed by atoms with Gasteiger partial charge >= 0.3 is 0 Å². The van der Waals surface area contributed by atoms with Gasteiger partial charge in [-0.2, -0.15) is 5.26 Å². The molecule has 2 amide bonds. The van der Waals surface area contributed by atoms with E-state index in [4.69, 9.17) is 11.0 Å². The van der Waals surface area contributed by atoms with Crippen molar-refractivity contribution in [2.75, 3.05) is 13.1 Å². The molecule has 0 aromatic carbocycles. The summed E-state index contributed by atoms with van der Waals surface area (Å²) >= 11 is 0. The monoisotopic (exact) mass is 266 g/mol. The molecular weight excluding hydrogens is 244 g/mol. The molecule has 0 radical (unpaired) electrons. The summed E-state index contributed by atoms with van der Waals surface area (Å²) in [6.07, 6.45) is 3.75. The summed E-state index contributed by atoms with van der Waals surface area (Å²) < 4.78 is 0. The molecule has 1 aliphatic rings. The third kappa shape index (κ3) is 4.52. The number of carbonyl (C=O) groups is 2. The van der Waals surface area contributed by atoms with Crippen LogP contribution in [0.1, 0.15) is 39.0 Å². The second-order valence-electron chi connectivity index (χ2n) is 4.86. The van der Waals surface area contributed by atoms with Gasteiger partial charge in [-0.3, -0.25) is 9.59 Å². The molecule has 1 heterocycles. The zero-order valence-electron chi connectivity index (χ0n) is 11.4. The van der Waals surface area contributed by atoms with Crippen LogP contribution in [0.15, 0.2) is 0 Å². The van der Waals surface area contributed by atoms with Crippen LogP contribution in [-0.2, 0) is 9.59 Å². The molecule has 1 fully saturated rings. The lowest BCUT2D eigenvalue weighted by Gasteiger charge is -2.26. The van der Waals surface area contributed by atoms with E-state index >= 15 is 0 Å². The highest BCUT2D eigenvalue weighted by atomic mass is 16.2. The molecule has 2 atom stereocenters. The van der Waals surface area contributed by atoms with Gasteiger partial charge in [0.2, 0.25) is 11.8 Å². The van der Waals surface area contributed by atoms with Gasteiger partial charge in [-0.15, -0.1) is 0 Å². The normalized spacial score (nSPS) is 19.8. The zero-order chi connectivity index (χ0) is 14.3. The van der Waals surface area contributed by atoms with Crippen LogP contribution in [0.25, 0.3) is 0 Å². The highest BCUT2D eigenvalue weighted by Gasteiger charge is 2.33. The minimum Gasteiger partial charge on any atom is -0.345 e. The number of rotatable bonds is 6. The average molecular weight is 266 g/mol. The van der Waals surface area contributed by atoms with E-state index in [0.29, 0.717) is 19.5 Å². The Balaban J connectivity index is 2.64. The van der Waals surface area contributed by atoms with Gasteiger partial charge in [-0.05, 0) is 38.6 Å². The summed E-state index contributed by atoms with van der Waals surface area (Å²) in [5, 5.41) is 11.7. The molecule has 3 N–H and O–H groups in total. The highest BCUT2D eigenvalue weighted by Crippen LogP contribution is 2.18. The van der Waals surface area contributed by atoms with Crippen LogP contribution in [0.3, 0.4) is 0 Å². The van der Waals surface area contributed by atoms with Crippen molar-refractivity contribution in [3.05, 3.63) is 0 Å². The van der Waals surface area contributed by atoms with Crippen molar-refractivity contribution < 1.29 is 9.59 Å². The summed E-state index contributed by atoms with van der Waals surface area (Å²) in [5.41, 5.74) is 5.43. The third-order valence-corrected chi connectivity index (χ3v) is 3.31. The molecule has 0 bridgehead atoms.